The second-order valence-electron chi connectivity index (χ2n) is 9.03. The zero-order valence-electron chi connectivity index (χ0n) is 20.4. The zero-order valence-corrected chi connectivity index (χ0v) is 22.0. The minimum absolute atomic E-state index is 0.0990. The zero-order chi connectivity index (χ0) is 25.2. The first-order chi connectivity index (χ1) is 16.8. The van der Waals surface area contributed by atoms with E-state index in [0.29, 0.717) is 24.8 Å². The molecule has 2 atom stereocenters. The molecule has 2 unspecified atom stereocenters. The number of aryl methyl sites for hydroxylation is 2. The maximum absolute atomic E-state index is 12.9. The van der Waals surface area contributed by atoms with Crippen LogP contribution in [0.25, 0.3) is 0 Å². The third-order valence-corrected chi connectivity index (χ3v) is 7.98. The summed E-state index contributed by atoms with van der Waals surface area (Å²) in [6.45, 7) is 5.30. The van der Waals surface area contributed by atoms with Crippen LogP contribution in [0.5, 0.6) is 0 Å². The van der Waals surface area contributed by atoms with Gasteiger partial charge in [0.1, 0.15) is 0 Å². The van der Waals surface area contributed by atoms with Crippen molar-refractivity contribution in [3.8, 4) is 0 Å². The number of hydrogen-bond donors (Lipinski definition) is 2. The van der Waals surface area contributed by atoms with Crippen LogP contribution in [0.15, 0.2) is 71.6 Å². The maximum Gasteiger partial charge on any atom is 0.304 e. The molecular weight excluding hydrogens is 478 g/mol. The molecule has 4 nitrogen and oxygen atoms in total. The smallest absolute Gasteiger partial charge is 0.304 e. The maximum atomic E-state index is 12.9. The Kier molecular flexibility index (Phi) is 10.5. The normalized spacial score (nSPS) is 12.9. The molecule has 0 saturated heterocycles. The number of nitrogens with one attached hydrogen (secondary N) is 1. The highest BCUT2D eigenvalue weighted by atomic mass is 35.5. The Morgan fingerprint density at radius 2 is 1.74 bits per heavy atom. The van der Waals surface area contributed by atoms with E-state index in [2.05, 4.69) is 43.4 Å². The SMILES string of the molecule is Cc1ccc(CC(CCCS(=O)c2ccc(CNCCC(=O)O)cc2)c2cccc(Cl)c2)cc1C. The molecule has 35 heavy (non-hydrogen) atoms. The van der Waals surface area contributed by atoms with Gasteiger partial charge in [-0.3, -0.25) is 9.00 Å². The van der Waals surface area contributed by atoms with Gasteiger partial charge >= 0.3 is 5.97 Å². The number of aliphatic carboxylic acids is 1. The largest absolute Gasteiger partial charge is 0.481 e. The van der Waals surface area contributed by atoms with E-state index in [1.54, 1.807) is 0 Å². The minimum atomic E-state index is -1.06. The van der Waals surface area contributed by atoms with Crippen molar-refractivity contribution in [2.45, 2.75) is 56.9 Å². The number of halogens is 1. The number of carboxylic acids is 1. The average molecular weight is 512 g/mol. The third-order valence-electron chi connectivity index (χ3n) is 6.29. The van der Waals surface area contributed by atoms with Crippen LogP contribution in [0.1, 0.15) is 53.0 Å². The van der Waals surface area contributed by atoms with Gasteiger partial charge in [0.15, 0.2) is 0 Å². The Morgan fingerprint density at radius 3 is 2.43 bits per heavy atom. The van der Waals surface area contributed by atoms with Crippen molar-refractivity contribution in [2.75, 3.05) is 12.3 Å². The highest BCUT2D eigenvalue weighted by molar-refractivity contribution is 7.85. The lowest BCUT2D eigenvalue weighted by atomic mass is 9.87. The molecule has 0 heterocycles. The van der Waals surface area contributed by atoms with Gasteiger partial charge in [0.2, 0.25) is 0 Å². The van der Waals surface area contributed by atoms with Crippen molar-refractivity contribution in [1.82, 2.24) is 5.32 Å². The summed E-state index contributed by atoms with van der Waals surface area (Å²) in [7, 11) is -1.06. The first kappa shape index (κ1) is 27.1. The van der Waals surface area contributed by atoms with E-state index in [0.717, 1.165) is 34.7 Å². The molecule has 0 spiro atoms. The van der Waals surface area contributed by atoms with Crippen molar-refractivity contribution in [3.63, 3.8) is 0 Å². The summed E-state index contributed by atoms with van der Waals surface area (Å²) in [4.78, 5) is 11.4. The summed E-state index contributed by atoms with van der Waals surface area (Å²) in [5.74, 6) is 0.113. The Morgan fingerprint density at radius 1 is 1.00 bits per heavy atom. The molecule has 0 bridgehead atoms. The Balaban J connectivity index is 1.57. The summed E-state index contributed by atoms with van der Waals surface area (Å²) in [5, 5.41) is 12.6. The number of hydrogen-bond acceptors (Lipinski definition) is 3. The summed E-state index contributed by atoms with van der Waals surface area (Å²) in [6.07, 6.45) is 2.82. The van der Waals surface area contributed by atoms with Crippen molar-refractivity contribution in [3.05, 3.63) is 99.6 Å². The number of benzene rings is 3. The predicted molar refractivity (Wildman–Crippen MR) is 145 cm³/mol. The molecule has 0 aliphatic carbocycles. The monoisotopic (exact) mass is 511 g/mol. The molecule has 0 saturated carbocycles. The molecule has 0 aliphatic rings. The average Bonchev–Trinajstić information content (AvgIpc) is 2.83. The van der Waals surface area contributed by atoms with E-state index in [1.807, 2.05) is 42.5 Å². The Labute approximate surface area is 216 Å². The predicted octanol–water partition coefficient (Wildman–Crippen LogP) is 6.44. The molecule has 0 aromatic heterocycles. The van der Waals surface area contributed by atoms with Crippen molar-refractivity contribution >= 4 is 28.4 Å². The Hall–Kier alpha value is -2.47. The van der Waals surface area contributed by atoms with Crippen LogP contribution >= 0.6 is 11.6 Å². The first-order valence-corrected chi connectivity index (χ1v) is 13.7. The molecule has 0 fully saturated rings. The fraction of sp³-hybridized carbons (Fsp3) is 0.345. The third kappa shape index (κ3) is 8.92. The van der Waals surface area contributed by atoms with E-state index < -0.39 is 16.8 Å². The van der Waals surface area contributed by atoms with Gasteiger partial charge in [-0.1, -0.05) is 54.1 Å². The summed E-state index contributed by atoms with van der Waals surface area (Å²) >= 11 is 6.29. The topological polar surface area (TPSA) is 66.4 Å². The van der Waals surface area contributed by atoms with Gasteiger partial charge in [-0.25, -0.2) is 0 Å². The molecule has 3 aromatic rings. The molecule has 0 radical (unpaired) electrons. The van der Waals surface area contributed by atoms with Crippen LogP contribution < -0.4 is 5.32 Å². The van der Waals surface area contributed by atoms with Gasteiger partial charge in [-0.15, -0.1) is 0 Å². The first-order valence-electron chi connectivity index (χ1n) is 12.0. The summed E-state index contributed by atoms with van der Waals surface area (Å²) < 4.78 is 12.9. The van der Waals surface area contributed by atoms with E-state index in [-0.39, 0.29) is 6.42 Å². The molecule has 0 aliphatic heterocycles. The van der Waals surface area contributed by atoms with Crippen molar-refractivity contribution in [2.24, 2.45) is 0 Å². The van der Waals surface area contributed by atoms with Gasteiger partial charge < -0.3 is 10.4 Å². The second kappa shape index (κ2) is 13.6. The van der Waals surface area contributed by atoms with Crippen LogP contribution in [0.2, 0.25) is 5.02 Å². The van der Waals surface area contributed by atoms with Crippen molar-refractivity contribution < 1.29 is 14.1 Å². The molecule has 3 rings (SSSR count). The summed E-state index contributed by atoms with van der Waals surface area (Å²) in [5.41, 5.74) is 6.18. The number of carboxylic acid groups (broad SMARTS) is 1. The standard InChI is InChI=1S/C29H34ClNO3S/c1-21-8-9-24(17-22(21)2)18-25(26-5-3-7-27(30)19-26)6-4-16-35(34)28-12-10-23(11-13-28)20-31-15-14-29(32)33/h3,5,7-13,17,19,25,31H,4,6,14-16,18,20H2,1-2H3,(H,32,33). The fourth-order valence-corrected chi connectivity index (χ4v) is 5.43. The molecule has 0 amide bonds. The second-order valence-corrected chi connectivity index (χ2v) is 11.0. The lowest BCUT2D eigenvalue weighted by Crippen LogP contribution is -2.17. The highest BCUT2D eigenvalue weighted by Crippen LogP contribution is 2.29. The van der Waals surface area contributed by atoms with Gasteiger partial charge in [0.05, 0.1) is 17.2 Å². The van der Waals surface area contributed by atoms with Crippen LogP contribution in [-0.2, 0) is 28.6 Å². The molecule has 3 aromatic carbocycles. The van der Waals surface area contributed by atoms with E-state index in [9.17, 15) is 9.00 Å². The van der Waals surface area contributed by atoms with Gasteiger partial charge in [0, 0.05) is 28.8 Å². The molecule has 6 heteroatoms. The van der Waals surface area contributed by atoms with Crippen LogP contribution in [-0.4, -0.2) is 27.6 Å². The van der Waals surface area contributed by atoms with E-state index in [4.69, 9.17) is 16.7 Å². The molecule has 2 N–H and O–H groups in total. The van der Waals surface area contributed by atoms with Gasteiger partial charge in [0.25, 0.3) is 0 Å². The van der Waals surface area contributed by atoms with Crippen LogP contribution in [0.4, 0.5) is 0 Å². The van der Waals surface area contributed by atoms with Gasteiger partial charge in [-0.2, -0.15) is 0 Å². The highest BCUT2D eigenvalue weighted by Gasteiger charge is 2.15. The summed E-state index contributed by atoms with van der Waals surface area (Å²) in [6, 6.07) is 22.5. The van der Waals surface area contributed by atoms with Crippen LogP contribution in [0, 0.1) is 13.8 Å². The van der Waals surface area contributed by atoms with Crippen LogP contribution in [0.3, 0.4) is 0 Å². The Bertz CT molecular complexity index is 1150. The quantitative estimate of drug-likeness (QED) is 0.259. The lowest BCUT2D eigenvalue weighted by Gasteiger charge is -2.19. The van der Waals surface area contributed by atoms with Crippen molar-refractivity contribution in [1.29, 1.82) is 0 Å². The van der Waals surface area contributed by atoms with E-state index >= 15 is 0 Å². The fourth-order valence-electron chi connectivity index (χ4n) is 4.13. The molecular formula is C29H34ClNO3S. The number of rotatable bonds is 13. The number of carbonyl (C=O) groups is 1. The molecule has 186 valence electrons. The van der Waals surface area contributed by atoms with Gasteiger partial charge in [-0.05, 0) is 91.1 Å². The van der Waals surface area contributed by atoms with E-state index in [1.165, 1.54) is 22.3 Å². The minimum Gasteiger partial charge on any atom is -0.481 e. The lowest BCUT2D eigenvalue weighted by molar-refractivity contribution is -0.136.